The van der Waals surface area contributed by atoms with Crippen LogP contribution in [0, 0.1) is 0 Å². The van der Waals surface area contributed by atoms with Crippen LogP contribution in [0.3, 0.4) is 0 Å². The molecule has 0 bridgehead atoms. The fraction of sp³-hybridized carbons (Fsp3) is 0.316. The van der Waals surface area contributed by atoms with Gasteiger partial charge >= 0.3 is 6.03 Å². The predicted octanol–water partition coefficient (Wildman–Crippen LogP) is 4.22. The summed E-state index contributed by atoms with van der Waals surface area (Å²) >= 11 is 8.06. The van der Waals surface area contributed by atoms with Crippen molar-refractivity contribution in [1.29, 1.82) is 0 Å². The number of nitrogens with one attached hydrogen (secondary N) is 2. The van der Waals surface area contributed by atoms with Crippen LogP contribution in [0.15, 0.2) is 42.5 Å². The third-order valence-electron chi connectivity index (χ3n) is 4.18. The maximum Gasteiger partial charge on any atom is 0.319 e. The van der Waals surface area contributed by atoms with Gasteiger partial charge in [-0.25, -0.2) is 4.79 Å². The van der Waals surface area contributed by atoms with Crippen LogP contribution in [0.5, 0.6) is 5.75 Å². The molecule has 0 aromatic heterocycles. The monoisotopic (exact) mass is 391 g/mol. The largest absolute Gasteiger partial charge is 0.493 e. The molecular weight excluding hydrogens is 370 g/mol. The summed E-state index contributed by atoms with van der Waals surface area (Å²) in [5, 5.41) is 6.07. The summed E-state index contributed by atoms with van der Waals surface area (Å²) in [6, 6.07) is 13.3. The SMILES string of the molecule is COc1c(Cl)cccc1NC(=O)NCc1ccc(N2CCSCC2)cc1. The number of nitrogens with zero attached hydrogens (tertiary/aromatic N) is 1. The van der Waals surface area contributed by atoms with Gasteiger partial charge in [0.2, 0.25) is 0 Å². The van der Waals surface area contributed by atoms with E-state index in [0.29, 0.717) is 23.0 Å². The summed E-state index contributed by atoms with van der Waals surface area (Å²) in [4.78, 5) is 14.5. The highest BCUT2D eigenvalue weighted by molar-refractivity contribution is 7.99. The van der Waals surface area contributed by atoms with E-state index in [2.05, 4.69) is 39.8 Å². The van der Waals surface area contributed by atoms with E-state index < -0.39 is 0 Å². The molecule has 0 spiro atoms. The number of methoxy groups -OCH3 is 1. The first kappa shape index (κ1) is 18.7. The average Bonchev–Trinajstić information content (AvgIpc) is 2.68. The Morgan fingerprint density at radius 1 is 1.19 bits per heavy atom. The highest BCUT2D eigenvalue weighted by Gasteiger charge is 2.12. The molecule has 0 unspecified atom stereocenters. The van der Waals surface area contributed by atoms with Crippen molar-refractivity contribution in [3.8, 4) is 5.75 Å². The molecule has 2 aromatic rings. The molecule has 1 saturated heterocycles. The molecule has 138 valence electrons. The Hall–Kier alpha value is -2.05. The number of carbonyl (C=O) groups excluding carboxylic acids is 1. The van der Waals surface area contributed by atoms with Crippen molar-refractivity contribution in [2.45, 2.75) is 6.54 Å². The summed E-state index contributed by atoms with van der Waals surface area (Å²) in [6.45, 7) is 2.63. The van der Waals surface area contributed by atoms with Crippen molar-refractivity contribution in [2.75, 3.05) is 41.9 Å². The highest BCUT2D eigenvalue weighted by atomic mass is 35.5. The normalized spacial score (nSPS) is 14.0. The lowest BCUT2D eigenvalue weighted by Crippen LogP contribution is -2.32. The number of thioether (sulfide) groups is 1. The third-order valence-corrected chi connectivity index (χ3v) is 5.43. The van der Waals surface area contributed by atoms with E-state index in [1.807, 2.05) is 11.8 Å². The number of urea groups is 1. The fourth-order valence-corrected chi connectivity index (χ4v) is 3.96. The Kier molecular flexibility index (Phi) is 6.52. The lowest BCUT2D eigenvalue weighted by molar-refractivity contribution is 0.251. The topological polar surface area (TPSA) is 53.6 Å². The molecule has 7 heteroatoms. The number of ether oxygens (including phenoxy) is 1. The van der Waals surface area contributed by atoms with E-state index in [1.165, 1.54) is 24.3 Å². The molecule has 0 radical (unpaired) electrons. The van der Waals surface area contributed by atoms with Crippen LogP contribution in [0.1, 0.15) is 5.56 Å². The zero-order valence-electron chi connectivity index (χ0n) is 14.6. The predicted molar refractivity (Wildman–Crippen MR) is 110 cm³/mol. The van der Waals surface area contributed by atoms with E-state index in [9.17, 15) is 4.79 Å². The van der Waals surface area contributed by atoms with E-state index in [1.54, 1.807) is 18.2 Å². The van der Waals surface area contributed by atoms with Gasteiger partial charge in [-0.05, 0) is 29.8 Å². The summed E-state index contributed by atoms with van der Waals surface area (Å²) in [5.74, 6) is 2.81. The summed E-state index contributed by atoms with van der Waals surface area (Å²) in [6.07, 6.45) is 0. The van der Waals surface area contributed by atoms with Crippen LogP contribution in [-0.4, -0.2) is 37.7 Å². The molecule has 1 heterocycles. The van der Waals surface area contributed by atoms with Gasteiger partial charge in [-0.15, -0.1) is 0 Å². The standard InChI is InChI=1S/C19H22ClN3O2S/c1-25-18-16(20)3-2-4-17(18)22-19(24)21-13-14-5-7-15(8-6-14)23-9-11-26-12-10-23/h2-8H,9-13H2,1H3,(H2,21,22,24). The Morgan fingerprint density at radius 3 is 2.62 bits per heavy atom. The molecule has 0 atom stereocenters. The van der Waals surface area contributed by atoms with Gasteiger partial charge in [0, 0.05) is 36.8 Å². The van der Waals surface area contributed by atoms with Gasteiger partial charge in [0.15, 0.2) is 5.75 Å². The smallest absolute Gasteiger partial charge is 0.319 e. The molecule has 1 aliphatic heterocycles. The number of hydrogen-bond donors (Lipinski definition) is 2. The van der Waals surface area contributed by atoms with Gasteiger partial charge in [0.25, 0.3) is 0 Å². The molecule has 3 rings (SSSR count). The second kappa shape index (κ2) is 9.05. The average molecular weight is 392 g/mol. The number of benzene rings is 2. The van der Waals surface area contributed by atoms with Gasteiger partial charge in [-0.1, -0.05) is 29.8 Å². The minimum absolute atomic E-state index is 0.303. The molecule has 2 N–H and O–H groups in total. The maximum absolute atomic E-state index is 12.1. The molecular formula is C19H22ClN3O2S. The Labute approximate surface area is 163 Å². The highest BCUT2D eigenvalue weighted by Crippen LogP contribution is 2.32. The minimum Gasteiger partial charge on any atom is -0.493 e. The van der Waals surface area contributed by atoms with Gasteiger partial charge in [0.1, 0.15) is 0 Å². The van der Waals surface area contributed by atoms with Crippen LogP contribution in [0.25, 0.3) is 0 Å². The van der Waals surface area contributed by atoms with Gasteiger partial charge in [-0.3, -0.25) is 0 Å². The van der Waals surface area contributed by atoms with Crippen molar-refractivity contribution in [1.82, 2.24) is 5.32 Å². The number of anilines is 2. The third kappa shape index (κ3) is 4.77. The molecule has 5 nitrogen and oxygen atoms in total. The molecule has 0 aliphatic carbocycles. The Balaban J connectivity index is 1.54. The minimum atomic E-state index is -0.303. The lowest BCUT2D eigenvalue weighted by atomic mass is 10.2. The summed E-state index contributed by atoms with van der Waals surface area (Å²) in [5.41, 5.74) is 2.83. The van der Waals surface area contributed by atoms with Crippen LogP contribution in [0.4, 0.5) is 16.2 Å². The summed E-state index contributed by atoms with van der Waals surface area (Å²) in [7, 11) is 1.52. The lowest BCUT2D eigenvalue weighted by Gasteiger charge is -2.28. The number of carbonyl (C=O) groups is 1. The van der Waals surface area contributed by atoms with Crippen LogP contribution in [-0.2, 0) is 6.54 Å². The van der Waals surface area contributed by atoms with E-state index in [-0.39, 0.29) is 6.03 Å². The van der Waals surface area contributed by atoms with Crippen molar-refractivity contribution in [3.05, 3.63) is 53.1 Å². The zero-order valence-corrected chi connectivity index (χ0v) is 16.2. The van der Waals surface area contributed by atoms with Gasteiger partial charge in [0.05, 0.1) is 17.8 Å². The number of hydrogen-bond acceptors (Lipinski definition) is 4. The molecule has 26 heavy (non-hydrogen) atoms. The first-order chi connectivity index (χ1) is 12.7. The molecule has 2 aromatic carbocycles. The molecule has 1 aliphatic rings. The van der Waals surface area contributed by atoms with Gasteiger partial charge in [-0.2, -0.15) is 11.8 Å². The first-order valence-electron chi connectivity index (χ1n) is 8.46. The Morgan fingerprint density at radius 2 is 1.92 bits per heavy atom. The number of halogens is 1. The number of amides is 2. The number of rotatable bonds is 5. The summed E-state index contributed by atoms with van der Waals surface area (Å²) < 4.78 is 5.23. The fourth-order valence-electron chi connectivity index (χ4n) is 2.81. The van der Waals surface area contributed by atoms with E-state index in [4.69, 9.17) is 16.3 Å². The second-order valence-corrected chi connectivity index (χ2v) is 7.53. The zero-order chi connectivity index (χ0) is 18.4. The maximum atomic E-state index is 12.1. The molecule has 1 fully saturated rings. The van der Waals surface area contributed by atoms with Gasteiger partial charge < -0.3 is 20.3 Å². The molecule has 0 saturated carbocycles. The van der Waals surface area contributed by atoms with Crippen molar-refractivity contribution in [3.63, 3.8) is 0 Å². The van der Waals surface area contributed by atoms with Crippen LogP contribution < -0.4 is 20.3 Å². The van der Waals surface area contributed by atoms with Crippen molar-refractivity contribution in [2.24, 2.45) is 0 Å². The number of para-hydroxylation sites is 1. The van der Waals surface area contributed by atoms with E-state index >= 15 is 0 Å². The quantitative estimate of drug-likeness (QED) is 0.801. The Bertz CT molecular complexity index is 749. The van der Waals surface area contributed by atoms with Crippen LogP contribution in [0.2, 0.25) is 5.02 Å². The first-order valence-corrected chi connectivity index (χ1v) is 9.99. The molecule has 2 amide bonds. The van der Waals surface area contributed by atoms with E-state index in [0.717, 1.165) is 18.7 Å². The van der Waals surface area contributed by atoms with Crippen LogP contribution >= 0.6 is 23.4 Å². The second-order valence-electron chi connectivity index (χ2n) is 5.89. The van der Waals surface area contributed by atoms with Crippen molar-refractivity contribution < 1.29 is 9.53 Å². The van der Waals surface area contributed by atoms with Crippen molar-refractivity contribution >= 4 is 40.8 Å².